The van der Waals surface area contributed by atoms with E-state index in [1.807, 2.05) is 6.92 Å². The van der Waals surface area contributed by atoms with Crippen LogP contribution >= 0.6 is 11.8 Å². The minimum atomic E-state index is -0.514. The Morgan fingerprint density at radius 1 is 1.14 bits per heavy atom. The summed E-state index contributed by atoms with van der Waals surface area (Å²) in [5.74, 6) is -0.197. The van der Waals surface area contributed by atoms with Crippen molar-refractivity contribution in [3.8, 4) is 0 Å². The molecular formula is C19H18FN5O2S. The zero-order chi connectivity index (χ0) is 20.1. The maximum atomic E-state index is 13.0. The highest BCUT2D eigenvalue weighted by Gasteiger charge is 2.12. The first-order chi connectivity index (χ1) is 13.5. The van der Waals surface area contributed by atoms with Gasteiger partial charge in [-0.15, -0.1) is 22.0 Å². The van der Waals surface area contributed by atoms with Crippen LogP contribution in [0.15, 0.2) is 58.2 Å². The molecule has 0 saturated carbocycles. The van der Waals surface area contributed by atoms with Crippen LogP contribution in [0.2, 0.25) is 0 Å². The second kappa shape index (κ2) is 8.66. The smallest absolute Gasteiger partial charge is 0.277 e. The highest BCUT2D eigenvalue weighted by Crippen LogP contribution is 2.21. The number of aromatic nitrogens is 3. The lowest BCUT2D eigenvalue weighted by Crippen LogP contribution is -2.27. The van der Waals surface area contributed by atoms with Gasteiger partial charge < -0.3 is 11.1 Å². The summed E-state index contributed by atoms with van der Waals surface area (Å²) in [6, 6.07) is 12.5. The Labute approximate surface area is 164 Å². The molecule has 1 heterocycles. The number of benzene rings is 2. The van der Waals surface area contributed by atoms with Gasteiger partial charge in [0.05, 0.1) is 0 Å². The molecule has 0 saturated heterocycles. The maximum absolute atomic E-state index is 13.0. The normalized spacial score (nSPS) is 10.6. The van der Waals surface area contributed by atoms with E-state index in [0.717, 1.165) is 4.90 Å². The van der Waals surface area contributed by atoms with Gasteiger partial charge in [0.2, 0.25) is 11.9 Å². The van der Waals surface area contributed by atoms with Gasteiger partial charge in [-0.25, -0.2) is 4.39 Å². The van der Waals surface area contributed by atoms with Crippen LogP contribution < -0.4 is 16.6 Å². The van der Waals surface area contributed by atoms with Gasteiger partial charge in [0.15, 0.2) is 0 Å². The lowest BCUT2D eigenvalue weighted by molar-refractivity contribution is 0.100. The van der Waals surface area contributed by atoms with E-state index in [1.165, 1.54) is 28.5 Å². The molecule has 1 amide bonds. The van der Waals surface area contributed by atoms with Gasteiger partial charge in [-0.3, -0.25) is 14.2 Å². The molecule has 3 N–H and O–H groups in total. The van der Waals surface area contributed by atoms with E-state index in [4.69, 9.17) is 5.73 Å². The van der Waals surface area contributed by atoms with Crippen molar-refractivity contribution in [2.75, 3.05) is 5.32 Å². The molecule has 3 aromatic rings. The monoisotopic (exact) mass is 399 g/mol. The second-order valence-electron chi connectivity index (χ2n) is 5.83. The molecule has 9 heteroatoms. The first-order valence-electron chi connectivity index (χ1n) is 8.49. The number of halogens is 1. The van der Waals surface area contributed by atoms with Crippen molar-refractivity contribution in [1.29, 1.82) is 0 Å². The molecule has 0 fully saturated rings. The highest BCUT2D eigenvalue weighted by molar-refractivity contribution is 7.98. The molecule has 0 radical (unpaired) electrons. The Bertz CT molecular complexity index is 1040. The van der Waals surface area contributed by atoms with Crippen LogP contribution in [-0.2, 0) is 12.3 Å². The van der Waals surface area contributed by atoms with E-state index in [2.05, 4.69) is 15.5 Å². The van der Waals surface area contributed by atoms with Crippen molar-refractivity contribution in [2.24, 2.45) is 5.73 Å². The molecular weight excluding hydrogens is 381 g/mol. The van der Waals surface area contributed by atoms with Crippen LogP contribution in [0.5, 0.6) is 0 Å². The van der Waals surface area contributed by atoms with E-state index < -0.39 is 5.91 Å². The molecule has 0 unspecified atom stereocenters. The molecule has 0 atom stereocenters. The maximum Gasteiger partial charge on any atom is 0.277 e. The summed E-state index contributed by atoms with van der Waals surface area (Å²) in [6.07, 6.45) is 0. The fourth-order valence-corrected chi connectivity index (χ4v) is 3.28. The standard InChI is InChI=1S/C19H18FN5O2S/c1-2-25-18(27)16(11-28-15-9-5-13(20)6-10-15)23-24-19(25)22-14-7-3-12(4-8-14)17(21)26/h3-10H,2,11H2,1H3,(H2,21,26)(H,22,24). The van der Waals surface area contributed by atoms with Crippen molar-refractivity contribution >= 4 is 29.3 Å². The fourth-order valence-electron chi connectivity index (χ4n) is 2.46. The number of nitrogens with one attached hydrogen (secondary N) is 1. The number of thioether (sulfide) groups is 1. The average molecular weight is 399 g/mol. The molecule has 7 nitrogen and oxygen atoms in total. The summed E-state index contributed by atoms with van der Waals surface area (Å²) >= 11 is 1.38. The largest absolute Gasteiger partial charge is 0.366 e. The molecule has 0 aliphatic carbocycles. The summed E-state index contributed by atoms with van der Waals surface area (Å²) < 4.78 is 14.5. The number of hydrogen-bond acceptors (Lipinski definition) is 6. The Morgan fingerprint density at radius 2 is 1.82 bits per heavy atom. The minimum Gasteiger partial charge on any atom is -0.366 e. The van der Waals surface area contributed by atoms with Crippen LogP contribution in [0.3, 0.4) is 0 Å². The molecule has 2 aromatic carbocycles. The van der Waals surface area contributed by atoms with E-state index in [1.54, 1.807) is 36.4 Å². The number of carbonyl (C=O) groups excluding carboxylic acids is 1. The Morgan fingerprint density at radius 3 is 2.43 bits per heavy atom. The van der Waals surface area contributed by atoms with E-state index in [-0.39, 0.29) is 11.4 Å². The van der Waals surface area contributed by atoms with Crippen LogP contribution in [0.4, 0.5) is 16.0 Å². The third-order valence-electron chi connectivity index (χ3n) is 3.94. The number of carbonyl (C=O) groups is 1. The number of rotatable bonds is 7. The van der Waals surface area contributed by atoms with Gasteiger partial charge in [0, 0.05) is 28.4 Å². The predicted molar refractivity (Wildman–Crippen MR) is 106 cm³/mol. The average Bonchev–Trinajstić information content (AvgIpc) is 2.69. The lowest BCUT2D eigenvalue weighted by atomic mass is 10.2. The Balaban J connectivity index is 1.78. The number of nitrogens with zero attached hydrogens (tertiary/aromatic N) is 3. The zero-order valence-corrected chi connectivity index (χ0v) is 15.9. The number of nitrogens with two attached hydrogens (primary N) is 1. The second-order valence-corrected chi connectivity index (χ2v) is 6.88. The number of amides is 1. The van der Waals surface area contributed by atoms with Gasteiger partial charge in [-0.1, -0.05) is 0 Å². The van der Waals surface area contributed by atoms with Gasteiger partial charge >= 0.3 is 0 Å². The summed E-state index contributed by atoms with van der Waals surface area (Å²) in [5, 5.41) is 11.2. The highest BCUT2D eigenvalue weighted by atomic mass is 32.2. The van der Waals surface area contributed by atoms with Crippen molar-refractivity contribution in [3.05, 3.63) is 76.0 Å². The molecule has 28 heavy (non-hydrogen) atoms. The lowest BCUT2D eigenvalue weighted by Gasteiger charge is -2.12. The van der Waals surface area contributed by atoms with E-state index in [9.17, 15) is 14.0 Å². The van der Waals surface area contributed by atoms with Crippen LogP contribution in [0, 0.1) is 5.82 Å². The molecule has 0 spiro atoms. The minimum absolute atomic E-state index is 0.247. The van der Waals surface area contributed by atoms with Crippen molar-refractivity contribution < 1.29 is 9.18 Å². The van der Waals surface area contributed by atoms with Crippen molar-refractivity contribution in [1.82, 2.24) is 14.8 Å². The topological polar surface area (TPSA) is 103 Å². The van der Waals surface area contributed by atoms with Crippen LogP contribution in [-0.4, -0.2) is 20.7 Å². The van der Waals surface area contributed by atoms with Crippen molar-refractivity contribution in [2.45, 2.75) is 24.1 Å². The predicted octanol–water partition coefficient (Wildman–Crippen LogP) is 2.93. The molecule has 0 bridgehead atoms. The van der Waals surface area contributed by atoms with Gasteiger partial charge in [0.25, 0.3) is 5.56 Å². The first-order valence-corrected chi connectivity index (χ1v) is 9.48. The summed E-state index contributed by atoms with van der Waals surface area (Å²) in [4.78, 5) is 24.7. The van der Waals surface area contributed by atoms with E-state index >= 15 is 0 Å². The fraction of sp³-hybridized carbons (Fsp3) is 0.158. The van der Waals surface area contributed by atoms with Crippen LogP contribution in [0.1, 0.15) is 23.0 Å². The SMILES string of the molecule is CCn1c(Nc2ccc(C(N)=O)cc2)nnc(CSc2ccc(F)cc2)c1=O. The zero-order valence-electron chi connectivity index (χ0n) is 15.1. The van der Waals surface area contributed by atoms with Gasteiger partial charge in [-0.2, -0.15) is 0 Å². The quantitative estimate of drug-likeness (QED) is 0.592. The summed E-state index contributed by atoms with van der Waals surface area (Å²) in [5.41, 5.74) is 6.33. The molecule has 144 valence electrons. The van der Waals surface area contributed by atoms with E-state index in [0.29, 0.717) is 35.2 Å². The van der Waals surface area contributed by atoms with Gasteiger partial charge in [-0.05, 0) is 55.5 Å². The summed E-state index contributed by atoms with van der Waals surface area (Å²) in [7, 11) is 0. The molecule has 0 aliphatic heterocycles. The number of primary amides is 1. The Hall–Kier alpha value is -3.20. The van der Waals surface area contributed by atoms with Crippen molar-refractivity contribution in [3.63, 3.8) is 0 Å². The van der Waals surface area contributed by atoms with Crippen LogP contribution in [0.25, 0.3) is 0 Å². The number of anilines is 2. The molecule has 1 aromatic heterocycles. The Kier molecular flexibility index (Phi) is 6.05. The number of hydrogen-bond donors (Lipinski definition) is 2. The molecule has 0 aliphatic rings. The van der Waals surface area contributed by atoms with Gasteiger partial charge in [0.1, 0.15) is 11.5 Å². The molecule has 3 rings (SSSR count). The third-order valence-corrected chi connectivity index (χ3v) is 4.97. The summed E-state index contributed by atoms with van der Waals surface area (Å²) in [6.45, 7) is 2.24. The first kappa shape index (κ1) is 19.6. The third kappa shape index (κ3) is 4.55.